The zero-order chi connectivity index (χ0) is 38.7. The van der Waals surface area contributed by atoms with Crippen LogP contribution in [0.3, 0.4) is 0 Å². The Morgan fingerprint density at radius 2 is 1.70 bits per heavy atom. The van der Waals surface area contributed by atoms with E-state index in [1.807, 2.05) is 0 Å². The lowest BCUT2D eigenvalue weighted by Crippen LogP contribution is -2.51. The van der Waals surface area contributed by atoms with E-state index in [4.69, 9.17) is 20.9 Å². The van der Waals surface area contributed by atoms with Crippen LogP contribution in [0.25, 0.3) is 0 Å². The van der Waals surface area contributed by atoms with E-state index in [1.54, 1.807) is 18.1 Å². The smallest absolute Gasteiger partial charge is 0.322 e. The second-order valence-corrected chi connectivity index (χ2v) is 18.9. The number of nitrogens with one attached hydrogen (secondary N) is 2. The highest BCUT2D eigenvalue weighted by molar-refractivity contribution is 5.81. The minimum Gasteiger partial charge on any atom is -0.465 e. The molecule has 3 fully saturated rings. The zero-order valence-electron chi connectivity index (χ0n) is 34.7. The third-order valence-corrected chi connectivity index (χ3v) is 14.8. The van der Waals surface area contributed by atoms with Crippen LogP contribution in [0.2, 0.25) is 0 Å². The summed E-state index contributed by atoms with van der Waals surface area (Å²) in [6.45, 7) is 14.4. The maximum absolute atomic E-state index is 12.3. The molecular weight excluding hydrogens is 675 g/mol. The number of carbonyl (C=O) groups excluding carboxylic acids is 2. The summed E-state index contributed by atoms with van der Waals surface area (Å²) in [4.78, 5) is 31.4. The molecule has 306 valence electrons. The van der Waals surface area contributed by atoms with E-state index in [1.165, 1.54) is 64.2 Å². The van der Waals surface area contributed by atoms with Gasteiger partial charge in [-0.25, -0.2) is 4.98 Å². The molecule has 4 aliphatic carbocycles. The number of nitrogens with two attached hydrogens (primary N) is 2. The van der Waals surface area contributed by atoms with Crippen LogP contribution in [0.4, 0.5) is 0 Å². The van der Waals surface area contributed by atoms with Crippen molar-refractivity contribution in [3.8, 4) is 0 Å². The number of ether oxygens (including phenoxy) is 2. The Morgan fingerprint density at radius 1 is 0.907 bits per heavy atom. The van der Waals surface area contributed by atoms with E-state index in [0.29, 0.717) is 42.9 Å². The van der Waals surface area contributed by atoms with Crippen LogP contribution in [-0.4, -0.2) is 59.8 Å². The second-order valence-electron chi connectivity index (χ2n) is 18.9. The van der Waals surface area contributed by atoms with Gasteiger partial charge >= 0.3 is 5.97 Å². The lowest BCUT2D eigenvalue weighted by atomic mass is 9.47. The summed E-state index contributed by atoms with van der Waals surface area (Å²) in [5.41, 5.74) is 15.5. The molecule has 1 heterocycles. The first-order valence-electron chi connectivity index (χ1n) is 22.2. The molecule has 0 aliphatic heterocycles. The van der Waals surface area contributed by atoms with Gasteiger partial charge in [-0.3, -0.25) is 9.59 Å². The van der Waals surface area contributed by atoms with Crippen molar-refractivity contribution in [2.75, 3.05) is 19.8 Å². The quantitative estimate of drug-likeness (QED) is 0.0529. The van der Waals surface area contributed by atoms with Gasteiger partial charge in [0.1, 0.15) is 6.04 Å². The monoisotopic (exact) mass is 752 g/mol. The van der Waals surface area contributed by atoms with Crippen LogP contribution in [0.1, 0.15) is 156 Å². The summed E-state index contributed by atoms with van der Waals surface area (Å²) in [7, 11) is 0. The standard InChI is InChI=1S/C45H77N5O4/c1-31(2)13-12-14-32(3)37-18-19-38-36-17-16-33-27-35(20-22-44(33,4)39(36)21-23-45(37,38)5)53-25-10-6-7-11-26-54-43(52)40(46)15-8-9-24-49-42(51)41(47)28-34-29-48-30-50-34/h16,29-32,35-41H,6-15,17-28,46-47H2,1-5H3,(H,48,50)(H,49,51). The molecule has 9 nitrogen and oxygen atoms in total. The van der Waals surface area contributed by atoms with Gasteiger partial charge in [0, 0.05) is 31.5 Å². The van der Waals surface area contributed by atoms with Crippen LogP contribution < -0.4 is 16.8 Å². The highest BCUT2D eigenvalue weighted by Crippen LogP contribution is 2.67. The average Bonchev–Trinajstić information content (AvgIpc) is 3.79. The Balaban J connectivity index is 0.906. The summed E-state index contributed by atoms with van der Waals surface area (Å²) in [5, 5.41) is 2.85. The minimum absolute atomic E-state index is 0.197. The first kappa shape index (κ1) is 42.9. The molecule has 0 aromatic carbocycles. The fourth-order valence-electron chi connectivity index (χ4n) is 11.6. The number of hydrogen-bond donors (Lipinski definition) is 4. The summed E-state index contributed by atoms with van der Waals surface area (Å²) in [5.74, 6) is 4.74. The number of aromatic amines is 1. The highest BCUT2D eigenvalue weighted by atomic mass is 16.5. The van der Waals surface area contributed by atoms with Gasteiger partial charge in [0.2, 0.25) is 5.91 Å². The van der Waals surface area contributed by atoms with Gasteiger partial charge in [0.05, 0.1) is 25.1 Å². The molecular formula is C45H77N5O4. The Morgan fingerprint density at radius 3 is 2.46 bits per heavy atom. The number of aromatic nitrogens is 2. The van der Waals surface area contributed by atoms with Crippen LogP contribution in [0.5, 0.6) is 0 Å². The Bertz CT molecular complexity index is 1330. The van der Waals surface area contributed by atoms with Crippen molar-refractivity contribution in [1.29, 1.82) is 0 Å². The van der Waals surface area contributed by atoms with Gasteiger partial charge < -0.3 is 31.2 Å². The van der Waals surface area contributed by atoms with Crippen molar-refractivity contribution in [2.24, 2.45) is 57.8 Å². The molecule has 54 heavy (non-hydrogen) atoms. The van der Waals surface area contributed by atoms with E-state index in [9.17, 15) is 9.59 Å². The van der Waals surface area contributed by atoms with Gasteiger partial charge in [-0.2, -0.15) is 0 Å². The number of unbranched alkanes of at least 4 members (excludes halogenated alkanes) is 4. The molecule has 10 atom stereocenters. The number of rotatable bonds is 22. The van der Waals surface area contributed by atoms with Crippen molar-refractivity contribution >= 4 is 11.9 Å². The van der Waals surface area contributed by atoms with E-state index in [0.717, 1.165) is 92.8 Å². The zero-order valence-corrected chi connectivity index (χ0v) is 34.7. The number of carbonyl (C=O) groups is 2. The fourth-order valence-corrected chi connectivity index (χ4v) is 11.6. The number of hydrogen-bond acceptors (Lipinski definition) is 7. The normalized spacial score (nSPS) is 30.8. The maximum atomic E-state index is 12.3. The summed E-state index contributed by atoms with van der Waals surface area (Å²) in [6.07, 6.45) is 27.6. The van der Waals surface area contributed by atoms with E-state index in [-0.39, 0.29) is 11.9 Å². The van der Waals surface area contributed by atoms with E-state index in [2.05, 4.69) is 56.0 Å². The molecule has 0 bridgehead atoms. The second kappa shape index (κ2) is 20.3. The molecule has 10 unspecified atom stereocenters. The van der Waals surface area contributed by atoms with Gasteiger partial charge in [-0.15, -0.1) is 0 Å². The predicted octanol–water partition coefficient (Wildman–Crippen LogP) is 8.42. The van der Waals surface area contributed by atoms with Gasteiger partial charge in [-0.1, -0.05) is 72.0 Å². The lowest BCUT2D eigenvalue weighted by Gasteiger charge is -2.58. The van der Waals surface area contributed by atoms with Crippen LogP contribution in [-0.2, 0) is 25.5 Å². The van der Waals surface area contributed by atoms with Gasteiger partial charge in [0.15, 0.2) is 0 Å². The molecule has 3 saturated carbocycles. The summed E-state index contributed by atoms with van der Waals surface area (Å²) in [6, 6.07) is -1.26. The molecule has 1 amide bonds. The fraction of sp³-hybridized carbons (Fsp3) is 0.844. The predicted molar refractivity (Wildman–Crippen MR) is 217 cm³/mol. The molecule has 0 radical (unpaired) electrons. The van der Waals surface area contributed by atoms with Crippen molar-refractivity contribution in [3.05, 3.63) is 29.9 Å². The molecule has 0 saturated heterocycles. The van der Waals surface area contributed by atoms with Crippen molar-refractivity contribution in [3.63, 3.8) is 0 Å². The third-order valence-electron chi connectivity index (χ3n) is 14.8. The molecule has 1 aromatic rings. The molecule has 0 spiro atoms. The third kappa shape index (κ3) is 11.0. The largest absolute Gasteiger partial charge is 0.465 e. The van der Waals surface area contributed by atoms with Crippen molar-refractivity contribution in [2.45, 2.75) is 175 Å². The van der Waals surface area contributed by atoms with Gasteiger partial charge in [-0.05, 0) is 136 Å². The topological polar surface area (TPSA) is 145 Å². The number of H-pyrrole nitrogens is 1. The van der Waals surface area contributed by atoms with Crippen molar-refractivity contribution in [1.82, 2.24) is 15.3 Å². The molecule has 5 rings (SSSR count). The van der Waals surface area contributed by atoms with Crippen LogP contribution in [0.15, 0.2) is 24.2 Å². The van der Waals surface area contributed by atoms with Crippen LogP contribution >= 0.6 is 0 Å². The minimum atomic E-state index is -0.634. The summed E-state index contributed by atoms with van der Waals surface area (Å²) >= 11 is 0. The first-order chi connectivity index (χ1) is 25.9. The number of allylic oxidation sites excluding steroid dienone is 1. The Hall–Kier alpha value is -2.23. The Kier molecular flexibility index (Phi) is 16.1. The summed E-state index contributed by atoms with van der Waals surface area (Å²) < 4.78 is 11.9. The van der Waals surface area contributed by atoms with E-state index >= 15 is 0 Å². The van der Waals surface area contributed by atoms with Gasteiger partial charge in [0.25, 0.3) is 0 Å². The first-order valence-corrected chi connectivity index (χ1v) is 22.2. The Labute approximate surface area is 327 Å². The highest BCUT2D eigenvalue weighted by Gasteiger charge is 2.59. The molecule has 6 N–H and O–H groups in total. The number of nitrogens with zero attached hydrogens (tertiary/aromatic N) is 1. The molecule has 9 heteroatoms. The average molecular weight is 752 g/mol. The van der Waals surface area contributed by atoms with Crippen LogP contribution in [0, 0.1) is 46.3 Å². The van der Waals surface area contributed by atoms with E-state index < -0.39 is 12.1 Å². The number of imidazole rings is 1. The maximum Gasteiger partial charge on any atom is 0.322 e. The number of esters is 1. The number of fused-ring (bicyclic) bond motifs is 5. The van der Waals surface area contributed by atoms with Crippen molar-refractivity contribution < 1.29 is 19.1 Å². The number of amides is 1. The molecule has 4 aliphatic rings. The SMILES string of the molecule is CC(C)CCCC(C)C1CCC2C3CC=C4CC(OCCCCCCOC(=O)C(N)CCCCNC(=O)C(N)Cc5cnc[nH]5)CCC4(C)C3CCC12C. The molecule has 1 aromatic heterocycles. The lowest BCUT2D eigenvalue weighted by molar-refractivity contribution is -0.145.